The topological polar surface area (TPSA) is 30.2 Å². The van der Waals surface area contributed by atoms with E-state index in [1.54, 1.807) is 22.9 Å². The third kappa shape index (κ3) is 2.20. The molecule has 0 radical (unpaired) electrons. The zero-order chi connectivity index (χ0) is 18.0. The molecule has 0 unspecified atom stereocenters. The fourth-order valence-electron chi connectivity index (χ4n) is 3.35. The van der Waals surface area contributed by atoms with E-state index in [1.165, 1.54) is 19.9 Å². The first-order valence-corrected chi connectivity index (χ1v) is 8.72. The number of aliphatic imine (C=N–C) groups is 1. The number of alkyl halides is 2. The maximum Gasteiger partial charge on any atom is 0.297 e. The normalized spacial score (nSPS) is 18.1. The van der Waals surface area contributed by atoms with Gasteiger partial charge in [0.2, 0.25) is 0 Å². The van der Waals surface area contributed by atoms with Gasteiger partial charge in [-0.1, -0.05) is 36.4 Å². The lowest BCUT2D eigenvalue weighted by Gasteiger charge is -2.37. The van der Waals surface area contributed by atoms with E-state index in [1.807, 2.05) is 25.2 Å². The van der Waals surface area contributed by atoms with Crippen molar-refractivity contribution < 1.29 is 8.78 Å². The number of benzene rings is 2. The standard InChI is InChI=1S/C19H16BrF2N3/c1-18(2)19(21,22)13-9-5-4-7-11(13)16(23-18)17-12-8-6-10-14(20)15(12)24-25(17)3/h4-10H,1-3H3. The number of rotatable bonds is 1. The van der Waals surface area contributed by atoms with Crippen molar-refractivity contribution in [3.8, 4) is 0 Å². The minimum atomic E-state index is -3.04. The quantitative estimate of drug-likeness (QED) is 0.558. The van der Waals surface area contributed by atoms with Gasteiger partial charge in [-0.25, -0.2) is 0 Å². The van der Waals surface area contributed by atoms with Gasteiger partial charge in [0, 0.05) is 28.0 Å². The van der Waals surface area contributed by atoms with Gasteiger partial charge in [-0.3, -0.25) is 9.67 Å². The number of fused-ring (bicyclic) bond motifs is 2. The smallest absolute Gasteiger partial charge is 0.270 e. The summed E-state index contributed by atoms with van der Waals surface area (Å²) >= 11 is 3.50. The maximum atomic E-state index is 14.9. The third-order valence-electron chi connectivity index (χ3n) is 4.72. The molecule has 0 fully saturated rings. The van der Waals surface area contributed by atoms with Gasteiger partial charge in [-0.2, -0.15) is 13.9 Å². The minimum Gasteiger partial charge on any atom is -0.270 e. The first-order chi connectivity index (χ1) is 11.7. The second-order valence-corrected chi connectivity index (χ2v) is 7.60. The maximum absolute atomic E-state index is 14.9. The van der Waals surface area contributed by atoms with E-state index in [-0.39, 0.29) is 5.56 Å². The van der Waals surface area contributed by atoms with Gasteiger partial charge in [0.15, 0.2) is 0 Å². The van der Waals surface area contributed by atoms with Crippen LogP contribution in [0.1, 0.15) is 30.7 Å². The lowest BCUT2D eigenvalue weighted by molar-refractivity contribution is -0.0682. The van der Waals surface area contributed by atoms with Crippen molar-refractivity contribution in [2.75, 3.05) is 0 Å². The van der Waals surface area contributed by atoms with Crippen molar-refractivity contribution in [1.29, 1.82) is 0 Å². The summed E-state index contributed by atoms with van der Waals surface area (Å²) < 4.78 is 32.4. The van der Waals surface area contributed by atoms with E-state index >= 15 is 0 Å². The summed E-state index contributed by atoms with van der Waals surface area (Å²) in [7, 11) is 1.81. The summed E-state index contributed by atoms with van der Waals surface area (Å²) in [5.74, 6) is -3.04. The van der Waals surface area contributed by atoms with Crippen molar-refractivity contribution in [2.24, 2.45) is 12.0 Å². The van der Waals surface area contributed by atoms with Gasteiger partial charge in [0.1, 0.15) is 11.1 Å². The molecule has 25 heavy (non-hydrogen) atoms. The predicted octanol–water partition coefficient (Wildman–Crippen LogP) is 5.06. The highest BCUT2D eigenvalue weighted by Crippen LogP contribution is 2.47. The van der Waals surface area contributed by atoms with Crippen LogP contribution in [0.4, 0.5) is 8.78 Å². The Morgan fingerprint density at radius 1 is 1.04 bits per heavy atom. The van der Waals surface area contributed by atoms with E-state index in [2.05, 4.69) is 26.0 Å². The molecule has 4 rings (SSSR count). The second kappa shape index (κ2) is 5.21. The van der Waals surface area contributed by atoms with Crippen LogP contribution in [0.25, 0.3) is 10.9 Å². The average Bonchev–Trinajstić information content (AvgIpc) is 2.89. The summed E-state index contributed by atoms with van der Waals surface area (Å²) in [5.41, 5.74) is 1.00. The average molecular weight is 404 g/mol. The summed E-state index contributed by atoms with van der Waals surface area (Å²) in [6.07, 6.45) is 0. The molecule has 1 aromatic heterocycles. The van der Waals surface area contributed by atoms with Gasteiger partial charge < -0.3 is 0 Å². The van der Waals surface area contributed by atoms with Crippen LogP contribution in [0.5, 0.6) is 0 Å². The largest absolute Gasteiger partial charge is 0.297 e. The molecular formula is C19H16BrF2N3. The Labute approximate surface area is 152 Å². The SMILES string of the molecule is Cn1nc2c(Br)cccc2c1C1=NC(C)(C)C(F)(F)c2ccccc21. The lowest BCUT2D eigenvalue weighted by atomic mass is 9.82. The van der Waals surface area contributed by atoms with Crippen LogP contribution < -0.4 is 0 Å². The molecule has 0 aliphatic carbocycles. The number of aromatic nitrogens is 2. The fourth-order valence-corrected chi connectivity index (χ4v) is 3.79. The number of halogens is 3. The van der Waals surface area contributed by atoms with Gasteiger partial charge in [-0.05, 0) is 35.8 Å². The van der Waals surface area contributed by atoms with Crippen LogP contribution in [0.2, 0.25) is 0 Å². The van der Waals surface area contributed by atoms with Crippen LogP contribution in [-0.2, 0) is 13.0 Å². The predicted molar refractivity (Wildman–Crippen MR) is 98.5 cm³/mol. The molecule has 1 aliphatic rings. The Hall–Kier alpha value is -2.08. The van der Waals surface area contributed by atoms with Crippen molar-refractivity contribution in [1.82, 2.24) is 9.78 Å². The molecule has 0 saturated carbocycles. The molecule has 0 spiro atoms. The first-order valence-electron chi connectivity index (χ1n) is 7.93. The Kier molecular flexibility index (Phi) is 3.41. The Balaban J connectivity index is 2.09. The van der Waals surface area contributed by atoms with Crippen molar-refractivity contribution in [3.05, 3.63) is 63.8 Å². The van der Waals surface area contributed by atoms with E-state index in [0.29, 0.717) is 11.3 Å². The summed E-state index contributed by atoms with van der Waals surface area (Å²) in [5, 5.41) is 5.43. The lowest BCUT2D eigenvalue weighted by Crippen LogP contribution is -2.44. The van der Waals surface area contributed by atoms with E-state index in [0.717, 1.165) is 21.1 Å². The number of hydrogen-bond acceptors (Lipinski definition) is 2. The molecule has 0 N–H and O–H groups in total. The van der Waals surface area contributed by atoms with E-state index < -0.39 is 11.5 Å². The Bertz CT molecular complexity index is 1030. The molecule has 0 atom stereocenters. The number of nitrogens with zero attached hydrogens (tertiary/aromatic N) is 3. The zero-order valence-corrected chi connectivity index (χ0v) is 15.6. The molecule has 3 nitrogen and oxygen atoms in total. The molecule has 2 aromatic carbocycles. The molecule has 3 aromatic rings. The molecule has 6 heteroatoms. The summed E-state index contributed by atoms with van der Waals surface area (Å²) in [4.78, 5) is 4.48. The highest BCUT2D eigenvalue weighted by Gasteiger charge is 2.53. The van der Waals surface area contributed by atoms with Crippen molar-refractivity contribution >= 4 is 32.5 Å². The van der Waals surface area contributed by atoms with Crippen LogP contribution >= 0.6 is 15.9 Å². The highest BCUT2D eigenvalue weighted by atomic mass is 79.9. The third-order valence-corrected chi connectivity index (χ3v) is 5.36. The minimum absolute atomic E-state index is 0.00865. The molecule has 128 valence electrons. The molecule has 0 bridgehead atoms. The second-order valence-electron chi connectivity index (χ2n) is 6.75. The molecule has 1 aliphatic heterocycles. The van der Waals surface area contributed by atoms with Gasteiger partial charge in [0.25, 0.3) is 5.92 Å². The Morgan fingerprint density at radius 3 is 2.52 bits per heavy atom. The Morgan fingerprint density at radius 2 is 1.76 bits per heavy atom. The molecule has 0 amide bonds. The highest BCUT2D eigenvalue weighted by molar-refractivity contribution is 9.10. The number of hydrogen-bond donors (Lipinski definition) is 0. The first kappa shape index (κ1) is 16.4. The van der Waals surface area contributed by atoms with Crippen LogP contribution in [0, 0.1) is 0 Å². The molecular weight excluding hydrogens is 388 g/mol. The summed E-state index contributed by atoms with van der Waals surface area (Å²) in [6.45, 7) is 2.94. The summed E-state index contributed by atoms with van der Waals surface area (Å²) in [6, 6.07) is 12.4. The van der Waals surface area contributed by atoms with Crippen LogP contribution in [-0.4, -0.2) is 21.0 Å². The van der Waals surface area contributed by atoms with Crippen molar-refractivity contribution in [2.45, 2.75) is 25.3 Å². The fraction of sp³-hybridized carbons (Fsp3) is 0.263. The van der Waals surface area contributed by atoms with E-state index in [4.69, 9.17) is 0 Å². The van der Waals surface area contributed by atoms with Crippen LogP contribution in [0.15, 0.2) is 51.9 Å². The number of aryl methyl sites for hydroxylation is 1. The molecule has 0 saturated heterocycles. The van der Waals surface area contributed by atoms with Gasteiger partial charge in [-0.15, -0.1) is 0 Å². The van der Waals surface area contributed by atoms with Gasteiger partial charge >= 0.3 is 0 Å². The van der Waals surface area contributed by atoms with E-state index in [9.17, 15) is 8.78 Å². The van der Waals surface area contributed by atoms with Crippen LogP contribution in [0.3, 0.4) is 0 Å². The zero-order valence-electron chi connectivity index (χ0n) is 14.0. The monoisotopic (exact) mass is 403 g/mol. The van der Waals surface area contributed by atoms with Crippen molar-refractivity contribution in [3.63, 3.8) is 0 Å². The molecule has 2 heterocycles. The van der Waals surface area contributed by atoms with Gasteiger partial charge in [0.05, 0.1) is 11.4 Å².